The van der Waals surface area contributed by atoms with Crippen molar-refractivity contribution in [2.24, 2.45) is 0 Å². The summed E-state index contributed by atoms with van der Waals surface area (Å²) >= 11 is 1.81. The van der Waals surface area contributed by atoms with Gasteiger partial charge in [-0.25, -0.2) is 19.9 Å². The molecule has 0 radical (unpaired) electrons. The minimum absolute atomic E-state index is 0.221. The Morgan fingerprint density at radius 3 is 1.69 bits per heavy atom. The lowest BCUT2D eigenvalue weighted by Gasteiger charge is -2.22. The van der Waals surface area contributed by atoms with E-state index in [1.54, 1.807) is 0 Å². The molecule has 0 saturated heterocycles. The number of thiophene rings is 1. The third-order valence-electron chi connectivity index (χ3n) is 11.0. The van der Waals surface area contributed by atoms with Crippen LogP contribution >= 0.6 is 11.3 Å². The smallest absolute Gasteiger partial charge is 0.227 e. The second kappa shape index (κ2) is 12.1. The molecule has 0 atom stereocenters. The molecule has 0 saturated carbocycles. The number of oxazole rings is 1. The van der Waals surface area contributed by atoms with Crippen LogP contribution in [0.4, 0.5) is 0 Å². The van der Waals surface area contributed by atoms with Gasteiger partial charge in [-0.15, -0.1) is 11.3 Å². The lowest BCUT2D eigenvalue weighted by molar-refractivity contribution is 0.618. The number of hydrogen-bond donors (Lipinski definition) is 0. The van der Waals surface area contributed by atoms with Crippen molar-refractivity contribution in [2.45, 2.75) is 19.3 Å². The molecule has 0 fully saturated rings. The van der Waals surface area contributed by atoms with E-state index in [4.69, 9.17) is 24.4 Å². The first kappa shape index (κ1) is 31.7. The van der Waals surface area contributed by atoms with E-state index in [1.807, 2.05) is 102 Å². The Hall–Kier alpha value is -6.76. The Kier molecular flexibility index (Phi) is 7.00. The highest BCUT2D eigenvalue weighted by Gasteiger charge is 2.38. The molecule has 0 spiro atoms. The Bertz CT molecular complexity index is 3050. The Morgan fingerprint density at radius 2 is 1.04 bits per heavy atom. The molecule has 260 valence electrons. The summed E-state index contributed by atoms with van der Waals surface area (Å²) in [7, 11) is 0. The number of hydrogen-bond acceptors (Lipinski definition) is 6. The molecule has 0 N–H and O–H groups in total. The first-order chi connectivity index (χ1) is 27.0. The highest BCUT2D eigenvalue weighted by Crippen LogP contribution is 2.53. The van der Waals surface area contributed by atoms with Crippen LogP contribution in [0.2, 0.25) is 0 Å². The van der Waals surface area contributed by atoms with Gasteiger partial charge in [0.2, 0.25) is 5.89 Å². The van der Waals surface area contributed by atoms with E-state index in [1.165, 1.54) is 43.3 Å². The summed E-state index contributed by atoms with van der Waals surface area (Å²) in [5, 5.41) is 2.41. The number of rotatable bonds is 5. The number of benzene rings is 7. The molecule has 10 aromatic rings. The first-order valence-electron chi connectivity index (χ1n) is 18.5. The van der Waals surface area contributed by atoms with Crippen molar-refractivity contribution in [3.63, 3.8) is 0 Å². The maximum Gasteiger partial charge on any atom is 0.227 e. The van der Waals surface area contributed by atoms with E-state index >= 15 is 0 Å². The van der Waals surface area contributed by atoms with E-state index in [0.29, 0.717) is 23.4 Å². The minimum atomic E-state index is -0.221. The molecule has 55 heavy (non-hydrogen) atoms. The fraction of sp³-hybridized carbons (Fsp3) is 0.0612. The first-order valence-corrected chi connectivity index (χ1v) is 19.3. The third kappa shape index (κ3) is 4.99. The molecular formula is C49H32N4OS. The van der Waals surface area contributed by atoms with Crippen LogP contribution in [-0.2, 0) is 5.41 Å². The monoisotopic (exact) mass is 724 g/mol. The molecule has 3 aromatic heterocycles. The van der Waals surface area contributed by atoms with Gasteiger partial charge in [0.1, 0.15) is 5.52 Å². The summed E-state index contributed by atoms with van der Waals surface area (Å²) in [6, 6.07) is 54.8. The zero-order valence-corrected chi connectivity index (χ0v) is 30.9. The molecule has 1 aliphatic rings. The Labute approximate surface area is 321 Å². The van der Waals surface area contributed by atoms with Crippen LogP contribution in [0.25, 0.3) is 99.1 Å². The van der Waals surface area contributed by atoms with E-state index in [2.05, 4.69) is 80.6 Å². The van der Waals surface area contributed by atoms with Crippen molar-refractivity contribution in [1.82, 2.24) is 19.9 Å². The van der Waals surface area contributed by atoms with Crippen LogP contribution < -0.4 is 0 Å². The normalized spacial score (nSPS) is 13.1. The highest BCUT2D eigenvalue weighted by molar-refractivity contribution is 7.26. The van der Waals surface area contributed by atoms with Gasteiger partial charge in [0, 0.05) is 53.4 Å². The standard InChI is InChI=1S/C49H32N4OS/c1-49(2)38-26-27-40-42(54-48(50-40)31-18-10-5-11-19-31)41(38)36-25-24-32(28-39(36)49)33-20-12-21-34-35-22-13-23-37(44(35)55-43(33)34)47-52-45(29-14-6-3-7-15-29)51-46(53-47)30-16-8-4-9-17-30/h3-28H,1-2H3. The average Bonchev–Trinajstić information content (AvgIpc) is 3.92. The van der Waals surface area contributed by atoms with Gasteiger partial charge in [-0.1, -0.05) is 141 Å². The van der Waals surface area contributed by atoms with Gasteiger partial charge in [0.15, 0.2) is 23.1 Å². The second-order valence-corrected chi connectivity index (χ2v) is 15.6. The van der Waals surface area contributed by atoms with Crippen molar-refractivity contribution in [2.75, 3.05) is 0 Å². The van der Waals surface area contributed by atoms with E-state index in [0.717, 1.165) is 43.6 Å². The average molecular weight is 725 g/mol. The van der Waals surface area contributed by atoms with Gasteiger partial charge in [0.25, 0.3) is 0 Å². The quantitative estimate of drug-likeness (QED) is 0.177. The molecule has 1 aliphatic carbocycles. The Morgan fingerprint density at radius 1 is 0.455 bits per heavy atom. The predicted molar refractivity (Wildman–Crippen MR) is 225 cm³/mol. The highest BCUT2D eigenvalue weighted by atomic mass is 32.1. The zero-order valence-electron chi connectivity index (χ0n) is 30.1. The van der Waals surface area contributed by atoms with Crippen LogP contribution in [-0.4, -0.2) is 19.9 Å². The summed E-state index contributed by atoms with van der Waals surface area (Å²) in [4.78, 5) is 20.0. The minimum Gasteiger partial charge on any atom is -0.435 e. The number of fused-ring (bicyclic) bond motifs is 8. The summed E-state index contributed by atoms with van der Waals surface area (Å²) in [6.45, 7) is 4.63. The molecular weight excluding hydrogens is 693 g/mol. The van der Waals surface area contributed by atoms with E-state index in [9.17, 15) is 0 Å². The SMILES string of the molecule is CC1(C)c2cc(-c3cccc4c3sc3c(-c5nc(-c6ccccc6)nc(-c6ccccc6)n5)cccc34)ccc2-c2c1ccc1nc(-c3ccccc3)oc21. The van der Waals surface area contributed by atoms with Crippen LogP contribution in [0.5, 0.6) is 0 Å². The number of nitrogens with zero attached hydrogens (tertiary/aromatic N) is 4. The van der Waals surface area contributed by atoms with Crippen molar-refractivity contribution in [3.05, 3.63) is 169 Å². The molecule has 0 unspecified atom stereocenters. The summed E-state index contributed by atoms with van der Waals surface area (Å²) in [5.41, 5.74) is 12.7. The second-order valence-electron chi connectivity index (χ2n) is 14.6. The fourth-order valence-electron chi connectivity index (χ4n) is 8.23. The van der Waals surface area contributed by atoms with Crippen molar-refractivity contribution < 1.29 is 4.42 Å². The maximum absolute atomic E-state index is 6.54. The summed E-state index contributed by atoms with van der Waals surface area (Å²) < 4.78 is 8.94. The van der Waals surface area contributed by atoms with Crippen molar-refractivity contribution >= 4 is 42.6 Å². The molecule has 11 rings (SSSR count). The maximum atomic E-state index is 6.54. The summed E-state index contributed by atoms with van der Waals surface area (Å²) in [6.07, 6.45) is 0. The van der Waals surface area contributed by atoms with Crippen LogP contribution in [0.3, 0.4) is 0 Å². The fourth-order valence-corrected chi connectivity index (χ4v) is 9.57. The Balaban J connectivity index is 1.06. The summed E-state index contributed by atoms with van der Waals surface area (Å²) in [5.74, 6) is 2.62. The topological polar surface area (TPSA) is 64.7 Å². The largest absolute Gasteiger partial charge is 0.435 e. The zero-order chi connectivity index (χ0) is 36.7. The van der Waals surface area contributed by atoms with E-state index in [-0.39, 0.29) is 5.41 Å². The molecule has 0 bridgehead atoms. The van der Waals surface area contributed by atoms with Gasteiger partial charge in [-0.05, 0) is 58.1 Å². The van der Waals surface area contributed by atoms with E-state index < -0.39 is 0 Å². The third-order valence-corrected chi connectivity index (χ3v) is 12.3. The van der Waals surface area contributed by atoms with Gasteiger partial charge in [-0.2, -0.15) is 0 Å². The van der Waals surface area contributed by atoms with Crippen LogP contribution in [0.15, 0.2) is 162 Å². The van der Waals surface area contributed by atoms with Gasteiger partial charge in [-0.3, -0.25) is 0 Å². The molecule has 6 heteroatoms. The van der Waals surface area contributed by atoms with Gasteiger partial charge >= 0.3 is 0 Å². The lowest BCUT2D eigenvalue weighted by atomic mass is 9.81. The van der Waals surface area contributed by atoms with Gasteiger partial charge in [0.05, 0.1) is 0 Å². The van der Waals surface area contributed by atoms with Crippen molar-refractivity contribution in [1.29, 1.82) is 0 Å². The molecule has 3 heterocycles. The van der Waals surface area contributed by atoms with Crippen LogP contribution in [0.1, 0.15) is 25.0 Å². The van der Waals surface area contributed by atoms with Crippen LogP contribution in [0, 0.1) is 0 Å². The van der Waals surface area contributed by atoms with Crippen molar-refractivity contribution in [3.8, 4) is 67.9 Å². The number of aromatic nitrogens is 4. The molecule has 7 aromatic carbocycles. The predicted octanol–water partition coefficient (Wildman–Crippen LogP) is 13.0. The lowest BCUT2D eigenvalue weighted by Crippen LogP contribution is -2.14. The molecule has 0 aliphatic heterocycles. The van der Waals surface area contributed by atoms with Gasteiger partial charge < -0.3 is 4.42 Å². The molecule has 5 nitrogen and oxygen atoms in total. The molecule has 0 amide bonds.